The van der Waals surface area contributed by atoms with Crippen LogP contribution in [-0.2, 0) is 14.9 Å². The van der Waals surface area contributed by atoms with E-state index in [1.807, 2.05) is 52.0 Å². The Morgan fingerprint density at radius 1 is 1.24 bits per heavy atom. The molecule has 0 saturated carbocycles. The fourth-order valence-electron chi connectivity index (χ4n) is 4.57. The van der Waals surface area contributed by atoms with Gasteiger partial charge in [-0.05, 0) is 58.2 Å². The van der Waals surface area contributed by atoms with Gasteiger partial charge in [0.15, 0.2) is 0 Å². The first-order valence-electron chi connectivity index (χ1n) is 11.6. The minimum absolute atomic E-state index is 0.243. The summed E-state index contributed by atoms with van der Waals surface area (Å²) in [6.45, 7) is 9.06. The summed E-state index contributed by atoms with van der Waals surface area (Å²) in [5.41, 5.74) is 2.59. The van der Waals surface area contributed by atoms with Crippen molar-refractivity contribution < 1.29 is 18.7 Å². The molecule has 3 aromatic rings. The van der Waals surface area contributed by atoms with Crippen molar-refractivity contribution in [2.75, 3.05) is 19.7 Å². The van der Waals surface area contributed by atoms with Gasteiger partial charge in [-0.25, -0.2) is 9.18 Å². The van der Waals surface area contributed by atoms with Crippen molar-refractivity contribution in [2.24, 2.45) is 0 Å². The zero-order valence-electron chi connectivity index (χ0n) is 20.2. The summed E-state index contributed by atoms with van der Waals surface area (Å²) in [4.78, 5) is 14.3. The summed E-state index contributed by atoms with van der Waals surface area (Å²) in [6.07, 6.45) is 2.56. The lowest BCUT2D eigenvalue weighted by atomic mass is 9.73. The molecule has 1 unspecified atom stereocenters. The molecule has 0 aliphatic carbocycles. The number of fused-ring (bicyclic) bond motifs is 1. The van der Waals surface area contributed by atoms with Gasteiger partial charge in [0.25, 0.3) is 0 Å². The Kier molecular flexibility index (Phi) is 6.72. The normalized spacial score (nSPS) is 17.0. The van der Waals surface area contributed by atoms with Crippen LogP contribution in [0.15, 0.2) is 42.6 Å². The summed E-state index contributed by atoms with van der Waals surface area (Å²) in [5.74, 6) is -0.277. The van der Waals surface area contributed by atoms with Gasteiger partial charge in [0, 0.05) is 29.5 Å². The Bertz CT molecular complexity index is 1150. The number of nitrogens with one attached hydrogen (secondary N) is 1. The van der Waals surface area contributed by atoms with Gasteiger partial charge < -0.3 is 14.4 Å². The maximum atomic E-state index is 13.7. The number of nitrogens with zero attached hydrogens (tertiary/aromatic N) is 2. The molecule has 178 valence electrons. The number of rotatable bonds is 5. The zero-order chi connectivity index (χ0) is 24.5. The fourth-order valence-corrected chi connectivity index (χ4v) is 4.57. The lowest BCUT2D eigenvalue weighted by Crippen LogP contribution is -2.48. The van der Waals surface area contributed by atoms with E-state index in [0.717, 1.165) is 22.0 Å². The van der Waals surface area contributed by atoms with Crippen LogP contribution in [0.5, 0.6) is 0 Å². The molecule has 1 amide bonds. The molecule has 1 atom stereocenters. The van der Waals surface area contributed by atoms with Crippen molar-refractivity contribution in [1.82, 2.24) is 15.1 Å². The zero-order valence-corrected chi connectivity index (χ0v) is 20.2. The molecule has 1 aliphatic rings. The second kappa shape index (κ2) is 9.41. The molecule has 4 rings (SSSR count). The van der Waals surface area contributed by atoms with Crippen molar-refractivity contribution in [3.63, 3.8) is 0 Å². The molecule has 2 radical (unpaired) electrons. The third-order valence-electron chi connectivity index (χ3n) is 6.48. The first-order chi connectivity index (χ1) is 16.1. The molecule has 34 heavy (non-hydrogen) atoms. The molecule has 0 spiro atoms. The summed E-state index contributed by atoms with van der Waals surface area (Å²) in [5, 5.41) is 8.10. The Balaban J connectivity index is 1.54. The molecule has 1 aliphatic heterocycles. The number of aromatic amines is 1. The first-order valence-corrected chi connectivity index (χ1v) is 11.6. The van der Waals surface area contributed by atoms with Gasteiger partial charge in [-0.2, -0.15) is 5.10 Å². The van der Waals surface area contributed by atoms with Crippen molar-refractivity contribution >= 4 is 30.3 Å². The Morgan fingerprint density at radius 3 is 2.56 bits per heavy atom. The third-order valence-corrected chi connectivity index (χ3v) is 6.48. The second-order valence-corrected chi connectivity index (χ2v) is 10.2. The van der Waals surface area contributed by atoms with Gasteiger partial charge in [-0.3, -0.25) is 5.10 Å². The smallest absolute Gasteiger partial charge is 0.410 e. The van der Waals surface area contributed by atoms with E-state index in [1.54, 1.807) is 11.1 Å². The number of aromatic nitrogens is 2. The van der Waals surface area contributed by atoms with Crippen molar-refractivity contribution in [3.05, 3.63) is 59.5 Å². The van der Waals surface area contributed by atoms with E-state index < -0.39 is 5.60 Å². The van der Waals surface area contributed by atoms with Gasteiger partial charge in [-0.1, -0.05) is 29.7 Å². The molecule has 1 saturated heterocycles. The molecule has 6 nitrogen and oxygen atoms in total. The number of hydrogen-bond acceptors (Lipinski definition) is 4. The minimum atomic E-state index is -0.545. The number of carbonyl (C=O) groups is 1. The number of likely N-dealkylation sites (tertiary alicyclic amines) is 1. The average Bonchev–Trinajstić information content (AvgIpc) is 3.25. The predicted octanol–water partition coefficient (Wildman–Crippen LogP) is 4.54. The number of carbonyl (C=O) groups excluding carboxylic acids is 1. The Labute approximate surface area is 201 Å². The fraction of sp³-hybridized carbons (Fsp3) is 0.462. The van der Waals surface area contributed by atoms with Crippen LogP contribution in [0.25, 0.3) is 10.9 Å². The number of halogens is 1. The minimum Gasteiger partial charge on any atom is -0.444 e. The Morgan fingerprint density at radius 2 is 1.91 bits per heavy atom. The van der Waals surface area contributed by atoms with E-state index in [9.17, 15) is 9.18 Å². The first kappa shape index (κ1) is 24.3. The highest BCUT2D eigenvalue weighted by molar-refractivity contribution is 6.33. The van der Waals surface area contributed by atoms with Crippen LogP contribution in [0.3, 0.4) is 0 Å². The van der Waals surface area contributed by atoms with Crippen LogP contribution in [0, 0.1) is 5.82 Å². The van der Waals surface area contributed by atoms with Crippen LogP contribution >= 0.6 is 0 Å². The molecular weight excluding hydrogens is 432 g/mol. The van der Waals surface area contributed by atoms with Gasteiger partial charge >= 0.3 is 6.09 Å². The van der Waals surface area contributed by atoms with Crippen LogP contribution in [0.4, 0.5) is 9.18 Å². The van der Waals surface area contributed by atoms with Gasteiger partial charge in [0.05, 0.1) is 24.4 Å². The van der Waals surface area contributed by atoms with E-state index >= 15 is 0 Å². The standard InChI is InChI=1S/C26H31BFN3O3/c1-17(22-14-20(27)13-18-15-29-30-23(18)22)33-16-26(19-5-7-21(28)8-6-19)9-11-31(12-10-26)24(32)34-25(2,3)4/h5-8,13-15,17H,9-12,16H2,1-4H3,(H,29,30). The van der Waals surface area contributed by atoms with Crippen molar-refractivity contribution in [2.45, 2.75) is 57.7 Å². The van der Waals surface area contributed by atoms with E-state index in [0.29, 0.717) is 38.0 Å². The largest absolute Gasteiger partial charge is 0.444 e. The maximum absolute atomic E-state index is 13.7. The summed E-state index contributed by atoms with van der Waals surface area (Å²) >= 11 is 0. The Hall–Kier alpha value is -2.87. The molecule has 1 N–H and O–H groups in total. The summed E-state index contributed by atoms with van der Waals surface area (Å²) in [7, 11) is 6.10. The average molecular weight is 463 g/mol. The number of H-pyrrole nitrogens is 1. The number of hydrogen-bond donors (Lipinski definition) is 1. The molecule has 1 aromatic heterocycles. The molecule has 1 fully saturated rings. The summed E-state index contributed by atoms with van der Waals surface area (Å²) in [6, 6.07) is 10.4. The highest BCUT2D eigenvalue weighted by atomic mass is 19.1. The number of piperidine rings is 1. The van der Waals surface area contributed by atoms with Crippen molar-refractivity contribution in [3.8, 4) is 0 Å². The third kappa shape index (κ3) is 5.27. The molecule has 0 bridgehead atoms. The lowest BCUT2D eigenvalue weighted by Gasteiger charge is -2.42. The van der Waals surface area contributed by atoms with Crippen LogP contribution in [0.1, 0.15) is 57.8 Å². The number of ether oxygens (including phenoxy) is 2. The molecule has 2 aromatic carbocycles. The van der Waals surface area contributed by atoms with Gasteiger partial charge in [-0.15, -0.1) is 0 Å². The SMILES string of the molecule is [B]c1cc(C(C)OCC2(c3ccc(F)cc3)CCN(C(=O)OC(C)(C)C)CC2)c2[nH]ncc2c1. The van der Waals surface area contributed by atoms with Crippen LogP contribution < -0.4 is 5.46 Å². The summed E-state index contributed by atoms with van der Waals surface area (Å²) < 4.78 is 25.7. The molecule has 8 heteroatoms. The number of benzene rings is 2. The van der Waals surface area contributed by atoms with E-state index in [-0.39, 0.29) is 23.4 Å². The van der Waals surface area contributed by atoms with Crippen LogP contribution in [-0.4, -0.2) is 54.3 Å². The quantitative estimate of drug-likeness (QED) is 0.565. The van der Waals surface area contributed by atoms with Gasteiger partial charge in [0.2, 0.25) is 0 Å². The lowest BCUT2D eigenvalue weighted by molar-refractivity contribution is -0.00932. The molecular formula is C26H31BFN3O3. The van der Waals surface area contributed by atoms with E-state index in [2.05, 4.69) is 10.2 Å². The predicted molar refractivity (Wildman–Crippen MR) is 131 cm³/mol. The van der Waals surface area contributed by atoms with E-state index in [4.69, 9.17) is 17.3 Å². The monoisotopic (exact) mass is 463 g/mol. The number of amides is 1. The highest BCUT2D eigenvalue weighted by Crippen LogP contribution is 2.38. The molecule has 2 heterocycles. The second-order valence-electron chi connectivity index (χ2n) is 10.2. The maximum Gasteiger partial charge on any atom is 0.410 e. The topological polar surface area (TPSA) is 67.4 Å². The highest BCUT2D eigenvalue weighted by Gasteiger charge is 2.39. The van der Waals surface area contributed by atoms with Crippen molar-refractivity contribution in [1.29, 1.82) is 0 Å². The van der Waals surface area contributed by atoms with Crippen LogP contribution in [0.2, 0.25) is 0 Å². The van der Waals surface area contributed by atoms with Gasteiger partial charge in [0.1, 0.15) is 19.3 Å². The van der Waals surface area contributed by atoms with E-state index in [1.165, 1.54) is 12.1 Å².